The Hall–Kier alpha value is -0.290. The van der Waals surface area contributed by atoms with Gasteiger partial charge in [-0.1, -0.05) is 11.3 Å². The summed E-state index contributed by atoms with van der Waals surface area (Å²) in [4.78, 5) is 4.07. The number of hydrogen-bond donors (Lipinski definition) is 1. The second kappa shape index (κ2) is 4.67. The van der Waals surface area contributed by atoms with E-state index in [1.54, 1.807) is 11.8 Å². The number of nitrogen functional groups attached to an aromatic ring is 1. The number of nitrogens with zero attached hydrogens (tertiary/aromatic N) is 1. The van der Waals surface area contributed by atoms with Gasteiger partial charge in [0.05, 0.1) is 16.6 Å². The minimum atomic E-state index is -0.250. The van der Waals surface area contributed by atoms with Crippen LogP contribution >= 0.6 is 23.1 Å². The number of alkyl halides is 1. The molecule has 5 heteroatoms. The third kappa shape index (κ3) is 2.64. The third-order valence-corrected chi connectivity index (χ3v) is 3.72. The lowest BCUT2D eigenvalue weighted by atomic mass is 10.6. The molecule has 0 radical (unpaired) electrons. The van der Waals surface area contributed by atoms with Gasteiger partial charge in [0.25, 0.3) is 0 Å². The van der Waals surface area contributed by atoms with Gasteiger partial charge < -0.3 is 5.73 Å². The van der Waals surface area contributed by atoms with Gasteiger partial charge in [-0.25, -0.2) is 4.98 Å². The highest BCUT2D eigenvalue weighted by atomic mass is 32.2. The van der Waals surface area contributed by atoms with E-state index in [0.717, 1.165) is 15.7 Å². The van der Waals surface area contributed by atoms with Gasteiger partial charge in [0.2, 0.25) is 0 Å². The van der Waals surface area contributed by atoms with Crippen LogP contribution in [0.25, 0.3) is 0 Å². The molecule has 0 spiro atoms. The summed E-state index contributed by atoms with van der Waals surface area (Å²) in [6.07, 6.45) is 0.599. The molecule has 1 aromatic heterocycles. The maximum Gasteiger partial charge on any atom is 0.181 e. The first-order chi connectivity index (χ1) is 5.74. The van der Waals surface area contributed by atoms with Crippen LogP contribution in [0.15, 0.2) is 4.21 Å². The summed E-state index contributed by atoms with van der Waals surface area (Å²) in [6.45, 7) is 1.67. The molecule has 0 amide bonds. The van der Waals surface area contributed by atoms with Crippen molar-refractivity contribution in [3.05, 3.63) is 5.69 Å². The number of thioether (sulfide) groups is 1. The standard InChI is InChI=1S/C7H11FN2S2/c1-5-6(11-4-2-3-8)12-7(9)10-5/h2-4H2,1H3,(H2,9,10). The summed E-state index contributed by atoms with van der Waals surface area (Å²) in [5.41, 5.74) is 6.46. The molecule has 0 atom stereocenters. The van der Waals surface area contributed by atoms with E-state index >= 15 is 0 Å². The number of rotatable bonds is 4. The molecule has 0 saturated carbocycles. The number of halogens is 1. The quantitative estimate of drug-likeness (QED) is 0.607. The van der Waals surface area contributed by atoms with Crippen molar-refractivity contribution in [2.24, 2.45) is 0 Å². The van der Waals surface area contributed by atoms with Gasteiger partial charge >= 0.3 is 0 Å². The molecule has 0 aliphatic heterocycles. The van der Waals surface area contributed by atoms with Crippen molar-refractivity contribution in [2.75, 3.05) is 18.2 Å². The van der Waals surface area contributed by atoms with Crippen LogP contribution in [0.1, 0.15) is 12.1 Å². The normalized spacial score (nSPS) is 10.5. The minimum absolute atomic E-state index is 0.250. The molecule has 0 fully saturated rings. The summed E-state index contributed by atoms with van der Waals surface area (Å²) in [5.74, 6) is 0.805. The van der Waals surface area contributed by atoms with Gasteiger partial charge in [0, 0.05) is 5.75 Å². The highest BCUT2D eigenvalue weighted by molar-refractivity contribution is 8.01. The number of nitrogens with two attached hydrogens (primary N) is 1. The lowest BCUT2D eigenvalue weighted by molar-refractivity contribution is 0.489. The fourth-order valence-corrected chi connectivity index (χ4v) is 2.76. The predicted octanol–water partition coefficient (Wildman–Crippen LogP) is 2.49. The van der Waals surface area contributed by atoms with Gasteiger partial charge in [0.15, 0.2) is 5.13 Å². The summed E-state index contributed by atoms with van der Waals surface area (Å²) in [7, 11) is 0. The second-order valence-electron chi connectivity index (χ2n) is 2.32. The molecular formula is C7H11FN2S2. The van der Waals surface area contributed by atoms with Crippen LogP contribution in [0.5, 0.6) is 0 Å². The molecule has 0 aliphatic rings. The molecule has 0 bridgehead atoms. The molecule has 1 rings (SSSR count). The van der Waals surface area contributed by atoms with Crippen molar-refractivity contribution < 1.29 is 4.39 Å². The van der Waals surface area contributed by atoms with Crippen LogP contribution < -0.4 is 5.73 Å². The van der Waals surface area contributed by atoms with Gasteiger partial charge in [-0.3, -0.25) is 4.39 Å². The van der Waals surface area contributed by atoms with E-state index in [1.807, 2.05) is 6.92 Å². The van der Waals surface area contributed by atoms with Crippen LogP contribution in [0.4, 0.5) is 9.52 Å². The van der Waals surface area contributed by atoms with Gasteiger partial charge in [-0.05, 0) is 13.3 Å². The Kier molecular flexibility index (Phi) is 3.81. The van der Waals surface area contributed by atoms with Crippen LogP contribution in [0.2, 0.25) is 0 Å². The Balaban J connectivity index is 2.45. The number of anilines is 1. The number of aryl methyl sites for hydroxylation is 1. The first kappa shape index (κ1) is 9.80. The summed E-state index contributed by atoms with van der Waals surface area (Å²) >= 11 is 3.10. The number of thiazole rings is 1. The Labute approximate surface area is 79.4 Å². The first-order valence-electron chi connectivity index (χ1n) is 3.65. The fraction of sp³-hybridized carbons (Fsp3) is 0.571. The van der Waals surface area contributed by atoms with Crippen molar-refractivity contribution >= 4 is 28.2 Å². The van der Waals surface area contributed by atoms with Crippen LogP contribution in [-0.2, 0) is 0 Å². The molecule has 2 nitrogen and oxygen atoms in total. The molecule has 12 heavy (non-hydrogen) atoms. The molecule has 68 valence electrons. The lowest BCUT2D eigenvalue weighted by Gasteiger charge is -1.94. The molecule has 0 saturated heterocycles. The fourth-order valence-electron chi connectivity index (χ4n) is 0.756. The van der Waals surface area contributed by atoms with Crippen molar-refractivity contribution in [3.63, 3.8) is 0 Å². The number of aromatic nitrogens is 1. The highest BCUT2D eigenvalue weighted by Crippen LogP contribution is 2.30. The molecule has 1 heterocycles. The molecule has 2 N–H and O–H groups in total. The maximum absolute atomic E-state index is 11.8. The average molecular weight is 206 g/mol. The van der Waals surface area contributed by atoms with Gasteiger partial charge in [-0.15, -0.1) is 11.8 Å². The van der Waals surface area contributed by atoms with E-state index in [1.165, 1.54) is 11.3 Å². The van der Waals surface area contributed by atoms with E-state index in [-0.39, 0.29) is 6.67 Å². The smallest absolute Gasteiger partial charge is 0.181 e. The summed E-state index contributed by atoms with van der Waals surface area (Å²) in [5, 5.41) is 0.593. The van der Waals surface area contributed by atoms with Crippen molar-refractivity contribution in [1.82, 2.24) is 4.98 Å². The summed E-state index contributed by atoms with van der Waals surface area (Å²) in [6, 6.07) is 0. The zero-order chi connectivity index (χ0) is 8.97. The van der Waals surface area contributed by atoms with Crippen LogP contribution in [0, 0.1) is 6.92 Å². The topological polar surface area (TPSA) is 38.9 Å². The largest absolute Gasteiger partial charge is 0.375 e. The Bertz CT molecular complexity index is 250. The Morgan fingerprint density at radius 2 is 2.42 bits per heavy atom. The maximum atomic E-state index is 11.8. The Morgan fingerprint density at radius 3 is 2.92 bits per heavy atom. The second-order valence-corrected chi connectivity index (χ2v) is 4.71. The van der Waals surface area contributed by atoms with E-state index in [0.29, 0.717) is 11.6 Å². The van der Waals surface area contributed by atoms with Crippen LogP contribution in [-0.4, -0.2) is 17.4 Å². The van der Waals surface area contributed by atoms with Gasteiger partial charge in [0.1, 0.15) is 0 Å². The predicted molar refractivity (Wildman–Crippen MR) is 52.6 cm³/mol. The molecule has 1 aromatic rings. The van der Waals surface area contributed by atoms with Gasteiger partial charge in [-0.2, -0.15) is 0 Å². The lowest BCUT2D eigenvalue weighted by Crippen LogP contribution is -1.82. The molecule has 0 unspecified atom stereocenters. The molecule has 0 aliphatic carbocycles. The third-order valence-electron chi connectivity index (χ3n) is 1.28. The first-order valence-corrected chi connectivity index (χ1v) is 5.46. The van der Waals surface area contributed by atoms with Crippen molar-refractivity contribution in [2.45, 2.75) is 17.6 Å². The minimum Gasteiger partial charge on any atom is -0.375 e. The molecule has 0 aromatic carbocycles. The number of hydrogen-bond acceptors (Lipinski definition) is 4. The molecular weight excluding hydrogens is 195 g/mol. The summed E-state index contributed by atoms with van der Waals surface area (Å²) < 4.78 is 12.9. The zero-order valence-corrected chi connectivity index (χ0v) is 8.47. The highest BCUT2D eigenvalue weighted by Gasteiger charge is 2.04. The van der Waals surface area contributed by atoms with E-state index in [4.69, 9.17) is 5.73 Å². The van der Waals surface area contributed by atoms with Crippen molar-refractivity contribution in [3.8, 4) is 0 Å². The van der Waals surface area contributed by atoms with E-state index in [2.05, 4.69) is 4.98 Å². The van der Waals surface area contributed by atoms with E-state index < -0.39 is 0 Å². The average Bonchev–Trinajstić information content (AvgIpc) is 2.31. The Morgan fingerprint density at radius 1 is 1.67 bits per heavy atom. The van der Waals surface area contributed by atoms with Crippen molar-refractivity contribution in [1.29, 1.82) is 0 Å². The van der Waals surface area contributed by atoms with Crippen LogP contribution in [0.3, 0.4) is 0 Å². The zero-order valence-electron chi connectivity index (χ0n) is 6.84. The monoisotopic (exact) mass is 206 g/mol. The SMILES string of the molecule is Cc1nc(N)sc1SCCCF. The van der Waals surface area contributed by atoms with E-state index in [9.17, 15) is 4.39 Å².